The van der Waals surface area contributed by atoms with Crippen LogP contribution in [0.3, 0.4) is 0 Å². The Bertz CT molecular complexity index is 1270. The fraction of sp³-hybridized carbons (Fsp3) is 0.273. The molecule has 1 aromatic carbocycles. The van der Waals surface area contributed by atoms with Crippen molar-refractivity contribution in [2.45, 2.75) is 37.7 Å². The molecular weight excluding hydrogens is 446 g/mol. The van der Waals surface area contributed by atoms with Crippen LogP contribution in [0.5, 0.6) is 5.75 Å². The van der Waals surface area contributed by atoms with Gasteiger partial charge in [0.1, 0.15) is 0 Å². The molecule has 0 spiro atoms. The Balaban J connectivity index is 1.59. The molecule has 0 aliphatic rings. The number of thioether (sulfide) groups is 1. The fourth-order valence-corrected chi connectivity index (χ4v) is 4.78. The molecule has 0 aliphatic heterocycles. The molecule has 4 aromatic rings. The van der Waals surface area contributed by atoms with Gasteiger partial charge >= 0.3 is 0 Å². The van der Waals surface area contributed by atoms with Crippen molar-refractivity contribution >= 4 is 45.1 Å². The molecule has 0 aliphatic carbocycles. The summed E-state index contributed by atoms with van der Waals surface area (Å²) in [5.41, 5.74) is 1.57. The summed E-state index contributed by atoms with van der Waals surface area (Å²) in [7, 11) is 1.60. The van der Waals surface area contributed by atoms with Gasteiger partial charge in [0.25, 0.3) is 0 Å². The molecule has 0 saturated heterocycles. The number of allylic oxidation sites excluding steroid dienone is 1. The normalized spacial score (nSPS) is 12.1. The number of thiazole rings is 1. The van der Waals surface area contributed by atoms with Crippen LogP contribution in [0.4, 0.5) is 5.13 Å². The van der Waals surface area contributed by atoms with E-state index in [1.807, 2.05) is 49.6 Å². The lowest BCUT2D eigenvalue weighted by Gasteiger charge is -2.11. The van der Waals surface area contributed by atoms with Gasteiger partial charge in [-0.3, -0.25) is 9.36 Å². The van der Waals surface area contributed by atoms with Gasteiger partial charge in [-0.2, -0.15) is 0 Å². The van der Waals surface area contributed by atoms with Crippen LogP contribution in [0.2, 0.25) is 0 Å². The highest BCUT2D eigenvalue weighted by molar-refractivity contribution is 8.00. The lowest BCUT2D eigenvalue weighted by Crippen LogP contribution is -2.22. The number of nitrogens with zero attached hydrogens (tertiary/aromatic N) is 4. The predicted octanol–water partition coefficient (Wildman–Crippen LogP) is 5.08. The number of hydrogen-bond donors (Lipinski definition) is 1. The van der Waals surface area contributed by atoms with E-state index in [-0.39, 0.29) is 5.91 Å². The second-order valence-corrected chi connectivity index (χ2v) is 9.62. The summed E-state index contributed by atoms with van der Waals surface area (Å²) in [6.07, 6.45) is 1.76. The summed E-state index contributed by atoms with van der Waals surface area (Å²) in [6, 6.07) is 7.60. The van der Waals surface area contributed by atoms with Gasteiger partial charge in [0.15, 0.2) is 27.4 Å². The van der Waals surface area contributed by atoms with E-state index in [4.69, 9.17) is 9.15 Å². The Morgan fingerprint density at radius 1 is 1.41 bits per heavy atom. The smallest absolute Gasteiger partial charge is 0.239 e. The first kappa shape index (κ1) is 22.1. The third-order valence-electron chi connectivity index (χ3n) is 4.89. The maximum atomic E-state index is 12.7. The van der Waals surface area contributed by atoms with Crippen molar-refractivity contribution in [2.24, 2.45) is 0 Å². The third kappa shape index (κ3) is 4.28. The molecule has 1 atom stereocenters. The highest BCUT2D eigenvalue weighted by atomic mass is 32.2. The van der Waals surface area contributed by atoms with Crippen LogP contribution in [-0.4, -0.2) is 38.0 Å². The van der Waals surface area contributed by atoms with Gasteiger partial charge in [-0.15, -0.1) is 28.1 Å². The molecule has 1 amide bonds. The fourth-order valence-electron chi connectivity index (χ4n) is 3.10. The number of carbonyl (C=O) groups excluding carboxylic acids is 1. The Kier molecular flexibility index (Phi) is 6.33. The minimum Gasteiger partial charge on any atom is -0.493 e. The first-order chi connectivity index (χ1) is 15.4. The summed E-state index contributed by atoms with van der Waals surface area (Å²) in [4.78, 5) is 18.2. The molecule has 1 N–H and O–H groups in total. The molecule has 32 heavy (non-hydrogen) atoms. The van der Waals surface area contributed by atoms with Crippen molar-refractivity contribution in [3.05, 3.63) is 47.5 Å². The number of para-hydroxylation sites is 1. The quantitative estimate of drug-likeness (QED) is 0.284. The number of methoxy groups -OCH3 is 1. The van der Waals surface area contributed by atoms with Crippen molar-refractivity contribution in [3.63, 3.8) is 0 Å². The van der Waals surface area contributed by atoms with Crippen molar-refractivity contribution in [3.8, 4) is 17.3 Å². The number of hydrogen-bond acceptors (Lipinski definition) is 8. The lowest BCUT2D eigenvalue weighted by molar-refractivity contribution is -0.115. The van der Waals surface area contributed by atoms with E-state index in [1.54, 1.807) is 13.2 Å². The number of nitrogens with one attached hydrogen (secondary N) is 1. The second kappa shape index (κ2) is 9.17. The summed E-state index contributed by atoms with van der Waals surface area (Å²) >= 11 is 2.78. The van der Waals surface area contributed by atoms with E-state index in [0.717, 1.165) is 16.0 Å². The van der Waals surface area contributed by atoms with Gasteiger partial charge in [0.2, 0.25) is 11.7 Å². The molecule has 3 aromatic heterocycles. The Labute approximate surface area is 193 Å². The molecule has 8 nitrogen and oxygen atoms in total. The molecule has 0 radical (unpaired) electrons. The number of ether oxygens (including phenoxy) is 1. The zero-order valence-corrected chi connectivity index (χ0v) is 19.8. The molecule has 3 heterocycles. The average molecular weight is 470 g/mol. The predicted molar refractivity (Wildman–Crippen MR) is 128 cm³/mol. The van der Waals surface area contributed by atoms with Gasteiger partial charge in [-0.05, 0) is 32.9 Å². The average Bonchev–Trinajstić information content (AvgIpc) is 3.45. The molecule has 4 rings (SSSR count). The highest BCUT2D eigenvalue weighted by Crippen LogP contribution is 2.34. The number of carbonyl (C=O) groups is 1. The van der Waals surface area contributed by atoms with Gasteiger partial charge in [-0.25, -0.2) is 4.98 Å². The molecule has 166 valence electrons. The zero-order valence-electron chi connectivity index (χ0n) is 18.2. The van der Waals surface area contributed by atoms with Gasteiger partial charge < -0.3 is 14.5 Å². The largest absolute Gasteiger partial charge is 0.493 e. The van der Waals surface area contributed by atoms with Crippen molar-refractivity contribution in [2.75, 3.05) is 12.4 Å². The third-order valence-corrected chi connectivity index (χ3v) is 6.96. The molecular formula is C22H23N5O3S2. The summed E-state index contributed by atoms with van der Waals surface area (Å²) in [5, 5.41) is 13.2. The number of fused-ring (bicyclic) bond motifs is 1. The Morgan fingerprint density at radius 3 is 2.91 bits per heavy atom. The van der Waals surface area contributed by atoms with E-state index in [9.17, 15) is 4.79 Å². The Hall–Kier alpha value is -3.11. The van der Waals surface area contributed by atoms with E-state index >= 15 is 0 Å². The number of aromatic nitrogens is 4. The van der Waals surface area contributed by atoms with Gasteiger partial charge in [0, 0.05) is 16.8 Å². The van der Waals surface area contributed by atoms with Crippen LogP contribution in [-0.2, 0) is 11.3 Å². The van der Waals surface area contributed by atoms with E-state index in [1.165, 1.54) is 23.1 Å². The summed E-state index contributed by atoms with van der Waals surface area (Å²) in [6.45, 7) is 10.0. The first-order valence-corrected chi connectivity index (χ1v) is 11.6. The van der Waals surface area contributed by atoms with E-state index < -0.39 is 5.25 Å². The standard InChI is InChI=1S/C22H23N5O3S2/c1-6-10-27-19(17-11-15-8-7-9-16(29-5)18(15)30-17)25-26-22(27)32-14(4)20(28)24-21-23-12(2)13(3)31-21/h6-9,11,14H,1,10H2,2-5H3,(H,23,24,28). The van der Waals surface area contributed by atoms with Gasteiger partial charge in [-0.1, -0.05) is 30.0 Å². The number of anilines is 1. The monoisotopic (exact) mass is 469 g/mol. The van der Waals surface area contributed by atoms with Crippen LogP contribution in [0, 0.1) is 13.8 Å². The van der Waals surface area contributed by atoms with E-state index in [2.05, 4.69) is 27.1 Å². The molecule has 0 saturated carbocycles. The van der Waals surface area contributed by atoms with Crippen molar-refractivity contribution < 1.29 is 13.9 Å². The summed E-state index contributed by atoms with van der Waals surface area (Å²) in [5.74, 6) is 1.63. The van der Waals surface area contributed by atoms with Crippen molar-refractivity contribution in [1.29, 1.82) is 0 Å². The van der Waals surface area contributed by atoms with Gasteiger partial charge in [0.05, 0.1) is 18.1 Å². The van der Waals surface area contributed by atoms with E-state index in [0.29, 0.717) is 39.7 Å². The number of aryl methyl sites for hydroxylation is 2. The number of benzene rings is 1. The van der Waals surface area contributed by atoms with Crippen molar-refractivity contribution in [1.82, 2.24) is 19.7 Å². The van der Waals surface area contributed by atoms with Crippen LogP contribution in [0.25, 0.3) is 22.6 Å². The topological polar surface area (TPSA) is 95.1 Å². The number of furan rings is 1. The second-order valence-electron chi connectivity index (χ2n) is 7.10. The lowest BCUT2D eigenvalue weighted by atomic mass is 10.2. The maximum Gasteiger partial charge on any atom is 0.239 e. The SMILES string of the molecule is C=CCn1c(SC(C)C(=O)Nc2nc(C)c(C)s2)nnc1-c1cc2cccc(OC)c2o1. The minimum absolute atomic E-state index is 0.146. The summed E-state index contributed by atoms with van der Waals surface area (Å²) < 4.78 is 13.3. The van der Waals surface area contributed by atoms with Crippen LogP contribution < -0.4 is 10.1 Å². The molecule has 0 bridgehead atoms. The highest BCUT2D eigenvalue weighted by Gasteiger charge is 2.23. The zero-order chi connectivity index (χ0) is 22.8. The number of amides is 1. The minimum atomic E-state index is -0.407. The maximum absolute atomic E-state index is 12.7. The number of rotatable bonds is 8. The molecule has 0 fully saturated rings. The van der Waals surface area contributed by atoms with Crippen LogP contribution in [0.1, 0.15) is 17.5 Å². The first-order valence-electron chi connectivity index (χ1n) is 9.93. The molecule has 1 unspecified atom stereocenters. The van der Waals surface area contributed by atoms with Crippen LogP contribution in [0.15, 0.2) is 46.5 Å². The Morgan fingerprint density at radius 2 is 2.22 bits per heavy atom. The van der Waals surface area contributed by atoms with Crippen LogP contribution >= 0.6 is 23.1 Å². The molecule has 10 heteroatoms.